The summed E-state index contributed by atoms with van der Waals surface area (Å²) in [6, 6.07) is 15.0. The zero-order valence-corrected chi connectivity index (χ0v) is 13.3. The van der Waals surface area contributed by atoms with Crippen LogP contribution < -0.4 is 0 Å². The monoisotopic (exact) mass is 334 g/mol. The molecular weight excluding hydrogens is 324 g/mol. The molecule has 21 heavy (non-hydrogen) atoms. The van der Waals surface area contributed by atoms with Crippen molar-refractivity contribution < 1.29 is 9.90 Å². The van der Waals surface area contributed by atoms with Gasteiger partial charge in [-0.15, -0.1) is 23.1 Å². The van der Waals surface area contributed by atoms with Gasteiger partial charge in [0.05, 0.1) is 10.6 Å². The van der Waals surface area contributed by atoms with Crippen molar-refractivity contribution in [3.8, 4) is 0 Å². The highest BCUT2D eigenvalue weighted by Crippen LogP contribution is 2.38. The number of carbonyl (C=O) groups is 1. The Morgan fingerprint density at radius 1 is 1.14 bits per heavy atom. The first-order chi connectivity index (χ1) is 10.1. The Labute approximate surface area is 135 Å². The second-order valence-corrected chi connectivity index (χ2v) is 7.02. The Morgan fingerprint density at radius 2 is 1.86 bits per heavy atom. The predicted octanol–water partition coefficient (Wildman–Crippen LogP) is 5.55. The molecule has 0 aliphatic carbocycles. The van der Waals surface area contributed by atoms with Gasteiger partial charge in [-0.3, -0.25) is 0 Å². The highest BCUT2D eigenvalue weighted by Gasteiger charge is 2.10. The number of carboxylic acids is 1. The van der Waals surface area contributed by atoms with E-state index in [1.807, 2.05) is 30.3 Å². The number of aromatic carboxylic acids is 1. The fourth-order valence-corrected chi connectivity index (χ4v) is 4.56. The van der Waals surface area contributed by atoms with Crippen LogP contribution in [-0.4, -0.2) is 11.1 Å². The van der Waals surface area contributed by atoms with Gasteiger partial charge in [0.1, 0.15) is 0 Å². The van der Waals surface area contributed by atoms with Gasteiger partial charge in [-0.05, 0) is 30.3 Å². The SMILES string of the molecule is O=C(O)c1ccc(SCc2sc3ccccc3c2Cl)cc1. The molecule has 1 N–H and O–H groups in total. The number of thiophene rings is 1. The van der Waals surface area contributed by atoms with Crippen LogP contribution >= 0.6 is 34.7 Å². The molecule has 2 aromatic carbocycles. The summed E-state index contributed by atoms with van der Waals surface area (Å²) in [5.74, 6) is -0.121. The molecule has 1 aromatic heterocycles. The maximum atomic E-state index is 10.8. The molecular formula is C16H11ClO2S2. The van der Waals surface area contributed by atoms with Crippen molar-refractivity contribution >= 4 is 50.8 Å². The van der Waals surface area contributed by atoms with E-state index in [1.54, 1.807) is 35.2 Å². The van der Waals surface area contributed by atoms with E-state index in [9.17, 15) is 4.79 Å². The maximum Gasteiger partial charge on any atom is 0.335 e. The van der Waals surface area contributed by atoms with Crippen LogP contribution in [0.25, 0.3) is 10.1 Å². The zero-order valence-electron chi connectivity index (χ0n) is 10.9. The van der Waals surface area contributed by atoms with E-state index < -0.39 is 5.97 Å². The number of thioether (sulfide) groups is 1. The highest BCUT2D eigenvalue weighted by molar-refractivity contribution is 7.98. The minimum absolute atomic E-state index is 0.305. The third-order valence-electron chi connectivity index (χ3n) is 3.07. The molecule has 2 nitrogen and oxygen atoms in total. The van der Waals surface area contributed by atoms with Gasteiger partial charge in [0.25, 0.3) is 0 Å². The lowest BCUT2D eigenvalue weighted by atomic mass is 10.2. The number of benzene rings is 2. The van der Waals surface area contributed by atoms with Gasteiger partial charge in [0.15, 0.2) is 0 Å². The Balaban J connectivity index is 1.77. The standard InChI is InChI=1S/C16H11ClO2S2/c17-15-12-3-1-2-4-13(12)21-14(15)9-20-11-7-5-10(6-8-11)16(18)19/h1-8H,9H2,(H,18,19). The molecule has 0 atom stereocenters. The minimum atomic E-state index is -0.904. The van der Waals surface area contributed by atoms with Crippen LogP contribution in [0.5, 0.6) is 0 Å². The van der Waals surface area contributed by atoms with Crippen molar-refractivity contribution in [2.45, 2.75) is 10.6 Å². The molecule has 0 bridgehead atoms. The number of hydrogen-bond donors (Lipinski definition) is 1. The minimum Gasteiger partial charge on any atom is -0.478 e. The van der Waals surface area contributed by atoms with Crippen LogP contribution in [0.1, 0.15) is 15.2 Å². The molecule has 0 amide bonds. The van der Waals surface area contributed by atoms with Crippen molar-refractivity contribution in [1.29, 1.82) is 0 Å². The number of fused-ring (bicyclic) bond motifs is 1. The number of halogens is 1. The van der Waals surface area contributed by atoms with Crippen molar-refractivity contribution in [1.82, 2.24) is 0 Å². The van der Waals surface area contributed by atoms with Crippen molar-refractivity contribution in [3.63, 3.8) is 0 Å². The summed E-state index contributed by atoms with van der Waals surface area (Å²) in [6.45, 7) is 0. The molecule has 0 spiro atoms. The molecule has 5 heteroatoms. The molecule has 106 valence electrons. The molecule has 3 rings (SSSR count). The van der Waals surface area contributed by atoms with E-state index in [0.29, 0.717) is 5.56 Å². The van der Waals surface area contributed by atoms with Crippen LogP contribution in [0.3, 0.4) is 0 Å². The number of rotatable bonds is 4. The summed E-state index contributed by atoms with van der Waals surface area (Å²) in [4.78, 5) is 13.0. The lowest BCUT2D eigenvalue weighted by Crippen LogP contribution is -1.94. The van der Waals surface area contributed by atoms with Crippen molar-refractivity contribution in [2.75, 3.05) is 0 Å². The molecule has 0 aliphatic rings. The first kappa shape index (κ1) is 14.4. The Bertz CT molecular complexity index is 794. The summed E-state index contributed by atoms with van der Waals surface area (Å²) >= 11 is 9.77. The summed E-state index contributed by atoms with van der Waals surface area (Å²) in [5, 5.41) is 10.8. The van der Waals surface area contributed by atoms with Gasteiger partial charge in [-0.25, -0.2) is 4.79 Å². The second kappa shape index (κ2) is 6.10. The molecule has 3 aromatic rings. The first-order valence-electron chi connectivity index (χ1n) is 6.27. The smallest absolute Gasteiger partial charge is 0.335 e. The summed E-state index contributed by atoms with van der Waals surface area (Å²) in [5.41, 5.74) is 0.305. The average Bonchev–Trinajstić information content (AvgIpc) is 2.82. The quantitative estimate of drug-likeness (QED) is 0.636. The Morgan fingerprint density at radius 3 is 2.52 bits per heavy atom. The number of hydrogen-bond acceptors (Lipinski definition) is 3. The molecule has 0 fully saturated rings. The van der Waals surface area contributed by atoms with Crippen LogP contribution in [0.15, 0.2) is 53.4 Å². The van der Waals surface area contributed by atoms with E-state index >= 15 is 0 Å². The van der Waals surface area contributed by atoms with Gasteiger partial charge in [0, 0.05) is 25.6 Å². The van der Waals surface area contributed by atoms with Gasteiger partial charge >= 0.3 is 5.97 Å². The normalized spacial score (nSPS) is 10.9. The average molecular weight is 335 g/mol. The third-order valence-corrected chi connectivity index (χ3v) is 6.01. The lowest BCUT2D eigenvalue weighted by Gasteiger charge is -2.01. The van der Waals surface area contributed by atoms with Gasteiger partial charge in [-0.2, -0.15) is 0 Å². The van der Waals surface area contributed by atoms with E-state index in [1.165, 1.54) is 4.70 Å². The molecule has 0 aliphatic heterocycles. The van der Waals surface area contributed by atoms with Gasteiger partial charge < -0.3 is 5.11 Å². The van der Waals surface area contributed by atoms with E-state index in [-0.39, 0.29) is 0 Å². The van der Waals surface area contributed by atoms with Gasteiger partial charge in [0.2, 0.25) is 0 Å². The van der Waals surface area contributed by atoms with Crippen LogP contribution in [0.4, 0.5) is 0 Å². The van der Waals surface area contributed by atoms with Crippen LogP contribution in [0.2, 0.25) is 5.02 Å². The van der Waals surface area contributed by atoms with Gasteiger partial charge in [-0.1, -0.05) is 29.8 Å². The summed E-state index contributed by atoms with van der Waals surface area (Å²) in [6.07, 6.45) is 0. The molecule has 0 saturated carbocycles. The Hall–Kier alpha value is -1.49. The predicted molar refractivity (Wildman–Crippen MR) is 89.8 cm³/mol. The largest absolute Gasteiger partial charge is 0.478 e. The van der Waals surface area contributed by atoms with Crippen molar-refractivity contribution in [3.05, 3.63) is 64.0 Å². The fraction of sp³-hybridized carbons (Fsp3) is 0.0625. The van der Waals surface area contributed by atoms with Crippen molar-refractivity contribution in [2.24, 2.45) is 0 Å². The van der Waals surface area contributed by atoms with E-state index in [4.69, 9.17) is 16.7 Å². The van der Waals surface area contributed by atoms with E-state index in [0.717, 1.165) is 25.9 Å². The third kappa shape index (κ3) is 3.07. The van der Waals surface area contributed by atoms with Crippen LogP contribution in [-0.2, 0) is 5.75 Å². The van der Waals surface area contributed by atoms with E-state index in [2.05, 4.69) is 6.07 Å². The fourth-order valence-electron chi connectivity index (χ4n) is 2.00. The molecule has 1 heterocycles. The highest BCUT2D eigenvalue weighted by atomic mass is 35.5. The zero-order chi connectivity index (χ0) is 14.8. The molecule has 0 saturated heterocycles. The van der Waals surface area contributed by atoms with Crippen LogP contribution in [0, 0.1) is 0 Å². The summed E-state index contributed by atoms with van der Waals surface area (Å²) < 4.78 is 1.19. The lowest BCUT2D eigenvalue weighted by molar-refractivity contribution is 0.0697. The maximum absolute atomic E-state index is 10.8. The molecule has 0 radical (unpaired) electrons. The summed E-state index contributed by atoms with van der Waals surface area (Å²) in [7, 11) is 0. The first-order valence-corrected chi connectivity index (χ1v) is 8.45. The Kier molecular flexibility index (Phi) is 4.19. The molecule has 0 unspecified atom stereocenters. The second-order valence-electron chi connectivity index (χ2n) is 4.45. The number of carboxylic acid groups (broad SMARTS) is 1. The topological polar surface area (TPSA) is 37.3 Å².